The van der Waals surface area contributed by atoms with Gasteiger partial charge in [-0.1, -0.05) is 42.5 Å². The van der Waals surface area contributed by atoms with Crippen molar-refractivity contribution in [3.05, 3.63) is 76.8 Å². The zero-order valence-corrected chi connectivity index (χ0v) is 16.4. The minimum Gasteiger partial charge on any atom is -0.497 e. The van der Waals surface area contributed by atoms with Gasteiger partial charge in [0.2, 0.25) is 0 Å². The van der Waals surface area contributed by atoms with Crippen LogP contribution in [-0.4, -0.2) is 23.5 Å². The van der Waals surface area contributed by atoms with Crippen LogP contribution in [0.5, 0.6) is 5.75 Å². The number of benzene rings is 2. The lowest BCUT2D eigenvalue weighted by molar-refractivity contribution is 0.262. The van der Waals surface area contributed by atoms with Crippen molar-refractivity contribution in [3.63, 3.8) is 0 Å². The predicted octanol–water partition coefficient (Wildman–Crippen LogP) is 4.40. The summed E-state index contributed by atoms with van der Waals surface area (Å²) in [5.74, 6) is 0.894. The maximum absolute atomic E-state index is 5.78. The molecular weight excluding hydrogens is 366 g/mol. The van der Waals surface area contributed by atoms with Gasteiger partial charge in [0.25, 0.3) is 0 Å². The summed E-state index contributed by atoms with van der Waals surface area (Å²) in [6.07, 6.45) is 2.87. The van der Waals surface area contributed by atoms with Crippen LogP contribution in [0.1, 0.15) is 16.0 Å². The van der Waals surface area contributed by atoms with E-state index >= 15 is 0 Å². The molecule has 0 aliphatic heterocycles. The molecule has 0 bridgehead atoms. The molecule has 26 heavy (non-hydrogen) atoms. The van der Waals surface area contributed by atoms with Crippen molar-refractivity contribution in [2.24, 2.45) is 0 Å². The van der Waals surface area contributed by atoms with Gasteiger partial charge in [-0.15, -0.1) is 23.7 Å². The molecule has 3 rings (SSSR count). The summed E-state index contributed by atoms with van der Waals surface area (Å²) >= 11 is 1.56. The fraction of sp³-hybridized carbons (Fsp3) is 0.250. The lowest BCUT2D eigenvalue weighted by Gasteiger charge is -2.22. The Kier molecular flexibility index (Phi) is 7.91. The molecule has 0 radical (unpaired) electrons. The minimum absolute atomic E-state index is 0. The first-order chi connectivity index (χ1) is 12.2. The van der Waals surface area contributed by atoms with Crippen molar-refractivity contribution < 1.29 is 4.74 Å². The number of thiazole rings is 1. The van der Waals surface area contributed by atoms with E-state index in [0.29, 0.717) is 5.13 Å². The summed E-state index contributed by atoms with van der Waals surface area (Å²) in [5.41, 5.74) is 8.40. The molecule has 138 valence electrons. The van der Waals surface area contributed by atoms with E-state index in [0.717, 1.165) is 31.8 Å². The molecule has 0 saturated carbocycles. The maximum atomic E-state index is 5.78. The molecule has 0 amide bonds. The largest absolute Gasteiger partial charge is 0.497 e. The van der Waals surface area contributed by atoms with Crippen LogP contribution in [0.4, 0.5) is 5.13 Å². The van der Waals surface area contributed by atoms with Crippen molar-refractivity contribution in [1.82, 2.24) is 9.88 Å². The van der Waals surface area contributed by atoms with Gasteiger partial charge in [0.1, 0.15) is 5.75 Å². The molecule has 6 heteroatoms. The van der Waals surface area contributed by atoms with Gasteiger partial charge in [0.05, 0.1) is 7.11 Å². The summed E-state index contributed by atoms with van der Waals surface area (Å²) in [5, 5.41) is 0.629. The average molecular weight is 390 g/mol. The second kappa shape index (κ2) is 10.2. The number of hydrogen-bond acceptors (Lipinski definition) is 5. The van der Waals surface area contributed by atoms with Crippen LogP contribution in [0.15, 0.2) is 60.8 Å². The monoisotopic (exact) mass is 389 g/mol. The standard InChI is InChI=1S/C20H23N3OS.ClH/c1-24-18-9-7-16(8-10-18)11-12-23(14-17-5-3-2-4-6-17)15-19-13-22-20(21)25-19;/h2-10,13H,11-12,14-15H2,1H3,(H2,21,22);1H. The van der Waals surface area contributed by atoms with Crippen molar-refractivity contribution in [1.29, 1.82) is 0 Å². The molecule has 0 saturated heterocycles. The first kappa shape index (κ1) is 20.2. The fourth-order valence-corrected chi connectivity index (χ4v) is 3.48. The number of hydrogen-bond donors (Lipinski definition) is 1. The smallest absolute Gasteiger partial charge is 0.180 e. The lowest BCUT2D eigenvalue weighted by Crippen LogP contribution is -2.25. The van der Waals surface area contributed by atoms with Crippen molar-refractivity contribution >= 4 is 28.9 Å². The highest BCUT2D eigenvalue weighted by molar-refractivity contribution is 7.15. The molecule has 2 aromatic carbocycles. The fourth-order valence-electron chi connectivity index (χ4n) is 2.75. The molecule has 4 nitrogen and oxygen atoms in total. The molecule has 1 heterocycles. The summed E-state index contributed by atoms with van der Waals surface area (Å²) in [4.78, 5) is 7.80. The molecule has 0 aliphatic carbocycles. The summed E-state index contributed by atoms with van der Waals surface area (Å²) in [7, 11) is 1.69. The van der Waals surface area contributed by atoms with Gasteiger partial charge in [-0.3, -0.25) is 4.90 Å². The van der Waals surface area contributed by atoms with Gasteiger partial charge in [0.15, 0.2) is 5.13 Å². The Balaban J connectivity index is 0.00000243. The number of halogens is 1. The number of nitrogen functional groups attached to an aromatic ring is 1. The van der Waals surface area contributed by atoms with Gasteiger partial charge in [-0.05, 0) is 29.7 Å². The number of aromatic nitrogens is 1. The van der Waals surface area contributed by atoms with Gasteiger partial charge in [-0.2, -0.15) is 0 Å². The predicted molar refractivity (Wildman–Crippen MR) is 111 cm³/mol. The van der Waals surface area contributed by atoms with Crippen molar-refractivity contribution in [2.45, 2.75) is 19.5 Å². The lowest BCUT2D eigenvalue weighted by atomic mass is 10.1. The van der Waals surface area contributed by atoms with Crippen LogP contribution >= 0.6 is 23.7 Å². The van der Waals surface area contributed by atoms with E-state index < -0.39 is 0 Å². The highest BCUT2D eigenvalue weighted by Gasteiger charge is 2.10. The Hall–Kier alpha value is -2.08. The number of nitrogens with two attached hydrogens (primary N) is 1. The molecule has 1 aromatic heterocycles. The van der Waals surface area contributed by atoms with Crippen LogP contribution in [-0.2, 0) is 19.5 Å². The zero-order chi connectivity index (χ0) is 17.5. The van der Waals surface area contributed by atoms with E-state index in [1.165, 1.54) is 16.0 Å². The van der Waals surface area contributed by atoms with Crippen molar-refractivity contribution in [2.75, 3.05) is 19.4 Å². The van der Waals surface area contributed by atoms with Gasteiger partial charge in [-0.25, -0.2) is 4.98 Å². The van der Waals surface area contributed by atoms with E-state index in [2.05, 4.69) is 52.3 Å². The highest BCUT2D eigenvalue weighted by Crippen LogP contribution is 2.19. The third-order valence-electron chi connectivity index (χ3n) is 4.08. The molecular formula is C20H24ClN3OS. The molecule has 0 fully saturated rings. The quantitative estimate of drug-likeness (QED) is 0.620. The average Bonchev–Trinajstić information content (AvgIpc) is 3.06. The molecule has 0 unspecified atom stereocenters. The zero-order valence-electron chi connectivity index (χ0n) is 14.8. The Bertz CT molecular complexity index is 777. The van der Waals surface area contributed by atoms with E-state index in [9.17, 15) is 0 Å². The molecule has 0 spiro atoms. The Labute approximate surface area is 165 Å². The number of rotatable bonds is 8. The van der Waals surface area contributed by atoms with Crippen LogP contribution in [0.25, 0.3) is 0 Å². The van der Waals surface area contributed by atoms with Crippen molar-refractivity contribution in [3.8, 4) is 5.75 Å². The maximum Gasteiger partial charge on any atom is 0.180 e. The molecule has 2 N–H and O–H groups in total. The van der Waals surface area contributed by atoms with Gasteiger partial charge >= 0.3 is 0 Å². The molecule has 0 aliphatic rings. The van der Waals surface area contributed by atoms with Crippen LogP contribution in [0.2, 0.25) is 0 Å². The van der Waals surface area contributed by atoms with Crippen LogP contribution in [0.3, 0.4) is 0 Å². The number of methoxy groups -OCH3 is 1. The number of anilines is 1. The van der Waals surface area contributed by atoms with Gasteiger partial charge < -0.3 is 10.5 Å². The van der Waals surface area contributed by atoms with E-state index in [4.69, 9.17) is 10.5 Å². The Morgan fingerprint density at radius 3 is 2.35 bits per heavy atom. The van der Waals surface area contributed by atoms with E-state index in [-0.39, 0.29) is 12.4 Å². The SMILES string of the molecule is COc1ccc(CCN(Cc2ccccc2)Cc2cnc(N)s2)cc1.Cl. The second-order valence-corrected chi connectivity index (χ2v) is 7.11. The topological polar surface area (TPSA) is 51.4 Å². The highest BCUT2D eigenvalue weighted by atomic mass is 35.5. The third-order valence-corrected chi connectivity index (χ3v) is 4.89. The minimum atomic E-state index is 0. The summed E-state index contributed by atoms with van der Waals surface area (Å²) < 4.78 is 5.23. The van der Waals surface area contributed by atoms with Crippen LogP contribution < -0.4 is 10.5 Å². The molecule has 3 aromatic rings. The first-order valence-electron chi connectivity index (χ1n) is 8.32. The summed E-state index contributed by atoms with van der Waals surface area (Å²) in [6.45, 7) is 2.74. The Morgan fingerprint density at radius 2 is 1.73 bits per heavy atom. The van der Waals surface area contributed by atoms with Gasteiger partial charge in [0, 0.05) is 30.7 Å². The van der Waals surface area contributed by atoms with Crippen LogP contribution in [0, 0.1) is 0 Å². The summed E-state index contributed by atoms with van der Waals surface area (Å²) in [6, 6.07) is 18.8. The molecule has 0 atom stereocenters. The normalized spacial score (nSPS) is 10.5. The third kappa shape index (κ3) is 6.02. The van der Waals surface area contributed by atoms with E-state index in [1.807, 2.05) is 18.3 Å². The first-order valence-corrected chi connectivity index (χ1v) is 9.14. The number of ether oxygens (including phenoxy) is 1. The number of nitrogens with zero attached hydrogens (tertiary/aromatic N) is 2. The van der Waals surface area contributed by atoms with E-state index in [1.54, 1.807) is 18.4 Å². The second-order valence-electron chi connectivity index (χ2n) is 5.96. The Morgan fingerprint density at radius 1 is 1.00 bits per heavy atom.